The van der Waals surface area contributed by atoms with Gasteiger partial charge in [0, 0.05) is 0 Å². The Balaban J connectivity index is 1.97. The zero-order chi connectivity index (χ0) is 3.41. The van der Waals surface area contributed by atoms with E-state index in [-0.39, 0.29) is 0 Å². The average Bonchev–Trinajstić information content (AvgIpc) is 1.37. The van der Waals surface area contributed by atoms with E-state index >= 15 is 0 Å². The minimum atomic E-state index is 1.07. The van der Waals surface area contributed by atoms with Crippen molar-refractivity contribution < 1.29 is 0 Å². The molecule has 0 bridgehead atoms. The molecule has 0 spiro atoms. The van der Waals surface area contributed by atoms with Crippen LogP contribution < -0.4 is 5.23 Å². The summed E-state index contributed by atoms with van der Waals surface area (Å²) in [6, 6.07) is 0. The molecule has 0 rings (SSSR count). The normalized spacial score (nSPS) is 6.50. The standard InChI is InChI=1S/C2H8BN/c1-3-4-2/h3-4H,1-2H3. The molecule has 0 saturated carbocycles. The predicted octanol–water partition coefficient (Wildman–Crippen LogP) is -0.395. The fourth-order valence-corrected chi connectivity index (χ4v) is 0. The average molecular weight is 56.9 g/mol. The maximum atomic E-state index is 2.93. The molecule has 0 aromatic rings. The zero-order valence-electron chi connectivity index (χ0n) is 3.21. The summed E-state index contributed by atoms with van der Waals surface area (Å²) in [4.78, 5) is 0. The van der Waals surface area contributed by atoms with Crippen LogP contribution in [0, 0.1) is 0 Å². The fourth-order valence-electron chi connectivity index (χ4n) is 0. The van der Waals surface area contributed by atoms with Gasteiger partial charge in [0.1, 0.15) is 0 Å². The van der Waals surface area contributed by atoms with Gasteiger partial charge in [-0.1, -0.05) is 6.82 Å². The van der Waals surface area contributed by atoms with Crippen molar-refractivity contribution in [2.24, 2.45) is 0 Å². The molecule has 24 valence electrons. The van der Waals surface area contributed by atoms with Crippen molar-refractivity contribution in [2.75, 3.05) is 7.05 Å². The molecule has 1 N–H and O–H groups in total. The van der Waals surface area contributed by atoms with E-state index in [2.05, 4.69) is 12.1 Å². The van der Waals surface area contributed by atoms with Crippen LogP contribution >= 0.6 is 0 Å². The van der Waals surface area contributed by atoms with Crippen molar-refractivity contribution >= 4 is 7.41 Å². The third-order valence-corrected chi connectivity index (χ3v) is 0.354. The van der Waals surface area contributed by atoms with E-state index in [0.717, 1.165) is 7.41 Å². The van der Waals surface area contributed by atoms with E-state index in [1.807, 2.05) is 7.05 Å². The first-order chi connectivity index (χ1) is 1.91. The molecule has 0 aliphatic rings. The quantitative estimate of drug-likeness (QED) is 0.404. The van der Waals surface area contributed by atoms with E-state index in [1.54, 1.807) is 0 Å². The van der Waals surface area contributed by atoms with Crippen molar-refractivity contribution in [1.82, 2.24) is 5.23 Å². The van der Waals surface area contributed by atoms with Crippen molar-refractivity contribution in [3.63, 3.8) is 0 Å². The first-order valence-corrected chi connectivity index (χ1v) is 1.56. The maximum Gasteiger partial charge on any atom is 0.197 e. The van der Waals surface area contributed by atoms with Gasteiger partial charge in [0.25, 0.3) is 0 Å². The summed E-state index contributed by atoms with van der Waals surface area (Å²) in [6.07, 6.45) is 0. The molecule has 0 aliphatic heterocycles. The molecule has 0 aromatic carbocycles. The van der Waals surface area contributed by atoms with Crippen LogP contribution in [0.15, 0.2) is 0 Å². The second-order valence-electron chi connectivity index (χ2n) is 0.707. The largest absolute Gasteiger partial charge is 0.362 e. The summed E-state index contributed by atoms with van der Waals surface area (Å²) in [6.45, 7) is 2.07. The molecule has 0 unspecified atom stereocenters. The second-order valence-corrected chi connectivity index (χ2v) is 0.707. The molecule has 0 heterocycles. The highest BCUT2D eigenvalue weighted by molar-refractivity contribution is 6.29. The van der Waals surface area contributed by atoms with Crippen LogP contribution in [0.2, 0.25) is 6.82 Å². The predicted molar refractivity (Wildman–Crippen MR) is 22.1 cm³/mol. The van der Waals surface area contributed by atoms with Gasteiger partial charge in [0.2, 0.25) is 0 Å². The summed E-state index contributed by atoms with van der Waals surface area (Å²) >= 11 is 0. The van der Waals surface area contributed by atoms with Crippen molar-refractivity contribution in [1.29, 1.82) is 0 Å². The van der Waals surface area contributed by atoms with Crippen LogP contribution in [0.4, 0.5) is 0 Å². The Kier molecular flexibility index (Phi) is 3.04. The highest BCUT2D eigenvalue weighted by Crippen LogP contribution is 1.30. The Morgan fingerprint density at radius 1 is 1.75 bits per heavy atom. The van der Waals surface area contributed by atoms with Crippen LogP contribution in [-0.2, 0) is 0 Å². The Hall–Kier alpha value is 0.0249. The molecule has 0 radical (unpaired) electrons. The van der Waals surface area contributed by atoms with Gasteiger partial charge in [-0.2, -0.15) is 0 Å². The highest BCUT2D eigenvalue weighted by Gasteiger charge is 1.57. The molecule has 0 amide bonds. The van der Waals surface area contributed by atoms with Gasteiger partial charge in [-0.05, 0) is 7.05 Å². The van der Waals surface area contributed by atoms with E-state index in [0.29, 0.717) is 0 Å². The molecular weight excluding hydrogens is 48.8 g/mol. The summed E-state index contributed by atoms with van der Waals surface area (Å²) in [7, 11) is 3.00. The number of nitrogens with one attached hydrogen (secondary N) is 1. The lowest BCUT2D eigenvalue weighted by molar-refractivity contribution is 1.25. The first kappa shape index (κ1) is 4.02. The van der Waals surface area contributed by atoms with Crippen LogP contribution in [0.25, 0.3) is 0 Å². The molecule has 0 atom stereocenters. The molecule has 2 heteroatoms. The van der Waals surface area contributed by atoms with Crippen LogP contribution in [-0.4, -0.2) is 14.5 Å². The van der Waals surface area contributed by atoms with Gasteiger partial charge in [0.15, 0.2) is 7.41 Å². The first-order valence-electron chi connectivity index (χ1n) is 1.56. The van der Waals surface area contributed by atoms with Crippen molar-refractivity contribution in [2.45, 2.75) is 6.82 Å². The lowest BCUT2D eigenvalue weighted by Crippen LogP contribution is -2.06. The van der Waals surface area contributed by atoms with E-state index in [9.17, 15) is 0 Å². The third-order valence-electron chi connectivity index (χ3n) is 0.354. The highest BCUT2D eigenvalue weighted by atomic mass is 14.7. The van der Waals surface area contributed by atoms with Gasteiger partial charge < -0.3 is 5.23 Å². The Labute approximate surface area is 27.7 Å². The summed E-state index contributed by atoms with van der Waals surface area (Å²) < 4.78 is 0. The lowest BCUT2D eigenvalue weighted by atomic mass is 10.0. The van der Waals surface area contributed by atoms with Gasteiger partial charge in [-0.3, -0.25) is 0 Å². The summed E-state index contributed by atoms with van der Waals surface area (Å²) in [5.41, 5.74) is 0. The topological polar surface area (TPSA) is 12.0 Å². The van der Waals surface area contributed by atoms with Crippen molar-refractivity contribution in [3.05, 3.63) is 0 Å². The van der Waals surface area contributed by atoms with Crippen LogP contribution in [0.5, 0.6) is 0 Å². The fraction of sp³-hybridized carbons (Fsp3) is 1.00. The van der Waals surface area contributed by atoms with E-state index in [4.69, 9.17) is 0 Å². The molecule has 0 saturated heterocycles. The molecule has 0 aliphatic carbocycles. The van der Waals surface area contributed by atoms with Crippen LogP contribution in [0.1, 0.15) is 0 Å². The summed E-state index contributed by atoms with van der Waals surface area (Å²) in [5, 5.41) is 2.93. The number of hydrogen-bond donors (Lipinski definition) is 1. The third kappa shape index (κ3) is 2.02. The summed E-state index contributed by atoms with van der Waals surface area (Å²) in [5.74, 6) is 0. The van der Waals surface area contributed by atoms with Gasteiger partial charge in [-0.15, -0.1) is 0 Å². The minimum Gasteiger partial charge on any atom is -0.362 e. The lowest BCUT2D eigenvalue weighted by Gasteiger charge is -1.72. The maximum absolute atomic E-state index is 2.93. The van der Waals surface area contributed by atoms with E-state index in [1.165, 1.54) is 0 Å². The molecule has 4 heavy (non-hydrogen) atoms. The van der Waals surface area contributed by atoms with Gasteiger partial charge in [0.05, 0.1) is 0 Å². The monoisotopic (exact) mass is 57.1 g/mol. The Morgan fingerprint density at radius 3 is 2.00 bits per heavy atom. The number of rotatable bonds is 1. The van der Waals surface area contributed by atoms with Crippen LogP contribution in [0.3, 0.4) is 0 Å². The smallest absolute Gasteiger partial charge is 0.197 e. The second kappa shape index (κ2) is 3.02. The SMILES string of the molecule is CBNC. The number of hydrogen-bond acceptors (Lipinski definition) is 1. The molecule has 0 fully saturated rings. The zero-order valence-corrected chi connectivity index (χ0v) is 3.21. The Bertz CT molecular complexity index is 8.00. The Morgan fingerprint density at radius 2 is 2.00 bits per heavy atom. The molecule has 0 aromatic heterocycles. The van der Waals surface area contributed by atoms with Gasteiger partial charge in [-0.25, -0.2) is 0 Å². The molecular formula is C2H8BN. The van der Waals surface area contributed by atoms with Crippen molar-refractivity contribution in [3.8, 4) is 0 Å². The molecule has 1 nitrogen and oxygen atoms in total. The minimum absolute atomic E-state index is 1.07. The van der Waals surface area contributed by atoms with Gasteiger partial charge >= 0.3 is 0 Å². The van der Waals surface area contributed by atoms with E-state index < -0.39 is 0 Å².